The molecule has 0 N–H and O–H groups in total. The van der Waals surface area contributed by atoms with Gasteiger partial charge in [0.2, 0.25) is 0 Å². The van der Waals surface area contributed by atoms with E-state index in [0.717, 1.165) is 32.5 Å². The van der Waals surface area contributed by atoms with Gasteiger partial charge in [0.15, 0.2) is 6.29 Å². The van der Waals surface area contributed by atoms with Crippen LogP contribution in [0.2, 0.25) is 0 Å². The Kier molecular flexibility index (Phi) is 22.5. The second-order valence-electron chi connectivity index (χ2n) is 7.40. The molecular weight excluding hydrogens is 404 g/mol. The van der Waals surface area contributed by atoms with Gasteiger partial charge in [-0.2, -0.15) is 0 Å². The van der Waals surface area contributed by atoms with Gasteiger partial charge in [0.1, 0.15) is 0 Å². The number of hydrogen-bond donors (Lipinski definition) is 0. The molecule has 1 fully saturated rings. The lowest BCUT2D eigenvalue weighted by atomic mass is 10.2. The lowest BCUT2D eigenvalue weighted by Crippen LogP contribution is -2.24. The Morgan fingerprint density at radius 2 is 1.03 bits per heavy atom. The molecule has 0 aromatic heterocycles. The molecule has 0 bridgehead atoms. The van der Waals surface area contributed by atoms with E-state index in [2.05, 4.69) is 6.92 Å². The molecule has 0 aromatic rings. The van der Waals surface area contributed by atoms with Crippen LogP contribution in [0.5, 0.6) is 0 Å². The number of ether oxygens (including phenoxy) is 8. The molecule has 1 aliphatic heterocycles. The Morgan fingerprint density at radius 1 is 0.548 bits per heavy atom. The van der Waals surface area contributed by atoms with E-state index in [0.29, 0.717) is 79.3 Å². The van der Waals surface area contributed by atoms with Crippen LogP contribution >= 0.6 is 0 Å². The molecule has 0 saturated carbocycles. The molecule has 1 saturated heterocycles. The van der Waals surface area contributed by atoms with Gasteiger partial charge in [-0.3, -0.25) is 0 Å². The van der Waals surface area contributed by atoms with Crippen LogP contribution in [-0.4, -0.2) is 98.8 Å². The highest BCUT2D eigenvalue weighted by Gasteiger charge is 2.13. The molecule has 0 aliphatic carbocycles. The fourth-order valence-electron chi connectivity index (χ4n) is 2.91. The molecule has 8 heteroatoms. The molecule has 1 atom stereocenters. The maximum atomic E-state index is 5.59. The Hall–Kier alpha value is -0.320. The van der Waals surface area contributed by atoms with Gasteiger partial charge >= 0.3 is 0 Å². The number of hydrogen-bond acceptors (Lipinski definition) is 8. The average molecular weight is 451 g/mol. The predicted octanol–water partition coefficient (Wildman–Crippen LogP) is 3.21. The third kappa shape index (κ3) is 21.3. The summed E-state index contributed by atoms with van der Waals surface area (Å²) in [6, 6.07) is 0. The summed E-state index contributed by atoms with van der Waals surface area (Å²) in [5.74, 6) is 0. The SMILES string of the molecule is CCCCCCOCCOCCOCCOCCOCCOCCOC1CCCCO1. The highest BCUT2D eigenvalue weighted by molar-refractivity contribution is 4.53. The second kappa shape index (κ2) is 24.3. The van der Waals surface area contributed by atoms with Crippen LogP contribution in [0.25, 0.3) is 0 Å². The van der Waals surface area contributed by atoms with Crippen LogP contribution in [0, 0.1) is 0 Å². The zero-order chi connectivity index (χ0) is 22.1. The quantitative estimate of drug-likeness (QED) is 0.208. The Balaban J connectivity index is 1.62. The van der Waals surface area contributed by atoms with Crippen LogP contribution in [0.3, 0.4) is 0 Å². The van der Waals surface area contributed by atoms with E-state index in [1.54, 1.807) is 0 Å². The van der Waals surface area contributed by atoms with Crippen LogP contribution < -0.4 is 0 Å². The van der Waals surface area contributed by atoms with E-state index < -0.39 is 0 Å². The third-order valence-electron chi connectivity index (χ3n) is 4.67. The van der Waals surface area contributed by atoms with Crippen LogP contribution in [0.15, 0.2) is 0 Å². The summed E-state index contributed by atoms with van der Waals surface area (Å²) in [4.78, 5) is 0. The molecule has 1 rings (SSSR count). The summed E-state index contributed by atoms with van der Waals surface area (Å²) in [5, 5.41) is 0. The van der Waals surface area contributed by atoms with E-state index in [1.165, 1.54) is 25.7 Å². The Labute approximate surface area is 189 Å². The normalized spacial score (nSPS) is 16.7. The molecule has 1 aliphatic rings. The van der Waals surface area contributed by atoms with Gasteiger partial charge in [-0.1, -0.05) is 26.2 Å². The molecule has 0 spiro atoms. The van der Waals surface area contributed by atoms with E-state index in [4.69, 9.17) is 37.9 Å². The van der Waals surface area contributed by atoms with Crippen molar-refractivity contribution in [2.75, 3.05) is 92.5 Å². The van der Waals surface area contributed by atoms with Crippen molar-refractivity contribution in [2.24, 2.45) is 0 Å². The van der Waals surface area contributed by atoms with Gasteiger partial charge in [0.05, 0.1) is 79.3 Å². The molecular formula is C23H46O8. The molecule has 0 radical (unpaired) electrons. The standard InChI is InChI=1S/C23H46O8/c1-2-3-4-6-9-24-11-12-25-13-14-26-15-16-27-17-18-28-19-20-29-21-22-31-23-8-5-7-10-30-23/h23H,2-22H2,1H3. The van der Waals surface area contributed by atoms with E-state index >= 15 is 0 Å². The lowest BCUT2D eigenvalue weighted by Gasteiger charge is -2.22. The molecule has 1 unspecified atom stereocenters. The maximum Gasteiger partial charge on any atom is 0.157 e. The van der Waals surface area contributed by atoms with Crippen molar-refractivity contribution in [2.45, 2.75) is 58.2 Å². The summed E-state index contributed by atoms with van der Waals surface area (Å²) in [6.45, 7) is 10.7. The summed E-state index contributed by atoms with van der Waals surface area (Å²) < 4.78 is 43.9. The van der Waals surface area contributed by atoms with Gasteiger partial charge in [-0.05, 0) is 25.7 Å². The van der Waals surface area contributed by atoms with Crippen molar-refractivity contribution in [1.82, 2.24) is 0 Å². The van der Waals surface area contributed by atoms with E-state index in [9.17, 15) is 0 Å². The van der Waals surface area contributed by atoms with Crippen LogP contribution in [-0.2, 0) is 37.9 Å². The van der Waals surface area contributed by atoms with Crippen molar-refractivity contribution >= 4 is 0 Å². The minimum atomic E-state index is -0.0493. The van der Waals surface area contributed by atoms with E-state index in [1.807, 2.05) is 0 Å². The lowest BCUT2D eigenvalue weighted by molar-refractivity contribution is -0.169. The van der Waals surface area contributed by atoms with Gasteiger partial charge < -0.3 is 37.9 Å². The monoisotopic (exact) mass is 450 g/mol. The summed E-state index contributed by atoms with van der Waals surface area (Å²) in [6.07, 6.45) is 8.18. The van der Waals surface area contributed by atoms with Crippen molar-refractivity contribution in [1.29, 1.82) is 0 Å². The first-order valence-corrected chi connectivity index (χ1v) is 12.1. The van der Waals surface area contributed by atoms with Gasteiger partial charge in [0.25, 0.3) is 0 Å². The first-order valence-electron chi connectivity index (χ1n) is 12.1. The van der Waals surface area contributed by atoms with E-state index in [-0.39, 0.29) is 6.29 Å². The van der Waals surface area contributed by atoms with Crippen molar-refractivity contribution in [3.63, 3.8) is 0 Å². The molecule has 8 nitrogen and oxygen atoms in total. The predicted molar refractivity (Wildman–Crippen MR) is 119 cm³/mol. The zero-order valence-corrected chi connectivity index (χ0v) is 19.7. The highest BCUT2D eigenvalue weighted by Crippen LogP contribution is 2.13. The molecule has 1 heterocycles. The van der Waals surface area contributed by atoms with Crippen LogP contribution in [0.1, 0.15) is 51.9 Å². The zero-order valence-electron chi connectivity index (χ0n) is 19.7. The Morgan fingerprint density at radius 3 is 1.48 bits per heavy atom. The Bertz CT molecular complexity index is 340. The summed E-state index contributed by atoms with van der Waals surface area (Å²) in [7, 11) is 0. The van der Waals surface area contributed by atoms with Crippen molar-refractivity contribution in [3.8, 4) is 0 Å². The minimum absolute atomic E-state index is 0.0493. The highest BCUT2D eigenvalue weighted by atomic mass is 16.7. The fourth-order valence-corrected chi connectivity index (χ4v) is 2.91. The minimum Gasteiger partial charge on any atom is -0.379 e. The molecule has 186 valence electrons. The topological polar surface area (TPSA) is 73.8 Å². The average Bonchev–Trinajstić information content (AvgIpc) is 2.80. The van der Waals surface area contributed by atoms with Gasteiger partial charge in [0, 0.05) is 13.2 Å². The second-order valence-corrected chi connectivity index (χ2v) is 7.40. The number of rotatable bonds is 24. The summed E-state index contributed by atoms with van der Waals surface area (Å²) >= 11 is 0. The van der Waals surface area contributed by atoms with Crippen molar-refractivity contribution < 1.29 is 37.9 Å². The third-order valence-corrected chi connectivity index (χ3v) is 4.67. The summed E-state index contributed by atoms with van der Waals surface area (Å²) in [5.41, 5.74) is 0. The van der Waals surface area contributed by atoms with Crippen LogP contribution in [0.4, 0.5) is 0 Å². The van der Waals surface area contributed by atoms with Crippen molar-refractivity contribution in [3.05, 3.63) is 0 Å². The largest absolute Gasteiger partial charge is 0.379 e. The van der Waals surface area contributed by atoms with Gasteiger partial charge in [-0.15, -0.1) is 0 Å². The molecule has 0 aromatic carbocycles. The molecule has 0 amide bonds. The van der Waals surface area contributed by atoms with Gasteiger partial charge in [-0.25, -0.2) is 0 Å². The first-order chi connectivity index (χ1) is 15.4. The fraction of sp³-hybridized carbons (Fsp3) is 1.00. The molecule has 31 heavy (non-hydrogen) atoms. The maximum absolute atomic E-state index is 5.59. The number of unbranched alkanes of at least 4 members (excludes halogenated alkanes) is 3. The smallest absolute Gasteiger partial charge is 0.157 e. The first kappa shape index (κ1) is 28.7.